The first-order chi connectivity index (χ1) is 14.7. The molecule has 2 heterocycles. The van der Waals surface area contributed by atoms with Crippen LogP contribution in [-0.2, 0) is 22.6 Å². The summed E-state index contributed by atoms with van der Waals surface area (Å²) in [5, 5.41) is 5.44. The average molecular weight is 428 g/mol. The van der Waals surface area contributed by atoms with Crippen molar-refractivity contribution >= 4 is 17.9 Å². The third-order valence-electron chi connectivity index (χ3n) is 5.34. The minimum atomic E-state index is -0.747. The highest BCUT2D eigenvalue weighted by Crippen LogP contribution is 2.27. The van der Waals surface area contributed by atoms with Crippen molar-refractivity contribution in [2.24, 2.45) is 5.41 Å². The lowest BCUT2D eigenvalue weighted by molar-refractivity contribution is -0.124. The van der Waals surface area contributed by atoms with Gasteiger partial charge >= 0.3 is 6.09 Å². The molecule has 9 nitrogen and oxygen atoms in total. The van der Waals surface area contributed by atoms with Crippen molar-refractivity contribution in [1.29, 1.82) is 0 Å². The Morgan fingerprint density at radius 2 is 1.81 bits per heavy atom. The molecular formula is C22H29N5O4. The molecule has 0 aliphatic carbocycles. The number of methoxy groups -OCH3 is 1. The first-order valence-electron chi connectivity index (χ1n) is 10.2. The number of amides is 3. The molecule has 9 heteroatoms. The fourth-order valence-electron chi connectivity index (χ4n) is 3.66. The molecule has 3 rings (SSSR count). The Morgan fingerprint density at radius 1 is 1.13 bits per heavy atom. The van der Waals surface area contributed by atoms with Gasteiger partial charge in [-0.25, -0.2) is 9.78 Å². The maximum Gasteiger partial charge on any atom is 0.409 e. The number of rotatable bonds is 4. The second-order valence-electron chi connectivity index (χ2n) is 8.53. The van der Waals surface area contributed by atoms with Crippen molar-refractivity contribution in [3.8, 4) is 11.4 Å². The number of nitrogens with one attached hydrogen (secondary N) is 2. The number of likely N-dealkylation sites (N-methyl/N-ethyl adjacent to an activating group) is 1. The molecule has 0 saturated heterocycles. The number of hydrogen-bond acceptors (Lipinski definition) is 5. The zero-order valence-corrected chi connectivity index (χ0v) is 18.6. The molecule has 1 aromatic heterocycles. The Kier molecular flexibility index (Phi) is 6.33. The second kappa shape index (κ2) is 8.79. The zero-order valence-electron chi connectivity index (χ0n) is 18.6. The largest absolute Gasteiger partial charge is 0.453 e. The number of ether oxygens (including phenoxy) is 1. The van der Waals surface area contributed by atoms with Gasteiger partial charge in [-0.15, -0.1) is 0 Å². The van der Waals surface area contributed by atoms with Crippen molar-refractivity contribution in [1.82, 2.24) is 25.1 Å². The van der Waals surface area contributed by atoms with E-state index in [1.54, 1.807) is 0 Å². The molecule has 1 aromatic carbocycles. The molecular weight excluding hydrogens is 398 g/mol. The van der Waals surface area contributed by atoms with Gasteiger partial charge in [-0.1, -0.05) is 51.1 Å². The Morgan fingerprint density at radius 3 is 2.39 bits per heavy atom. The van der Waals surface area contributed by atoms with Gasteiger partial charge in [0.15, 0.2) is 5.69 Å². The molecule has 166 valence electrons. The molecule has 0 saturated carbocycles. The molecule has 0 fully saturated rings. The normalized spacial score (nSPS) is 14.4. The molecule has 2 aromatic rings. The minimum Gasteiger partial charge on any atom is -0.453 e. The maximum absolute atomic E-state index is 13.3. The number of benzene rings is 1. The van der Waals surface area contributed by atoms with Gasteiger partial charge in [0.2, 0.25) is 5.91 Å². The SMILES string of the molecule is CNC(=O)C(NC(=O)c1nc(-c2ccccc2)n2c1CN(C(=O)OC)CC2)C(C)(C)C. The van der Waals surface area contributed by atoms with Crippen LogP contribution in [0.3, 0.4) is 0 Å². The van der Waals surface area contributed by atoms with Crippen LogP contribution >= 0.6 is 0 Å². The molecule has 0 spiro atoms. The predicted molar refractivity (Wildman–Crippen MR) is 115 cm³/mol. The first-order valence-corrected chi connectivity index (χ1v) is 10.2. The van der Waals surface area contributed by atoms with Crippen LogP contribution < -0.4 is 10.6 Å². The van der Waals surface area contributed by atoms with Gasteiger partial charge in [0.25, 0.3) is 5.91 Å². The summed E-state index contributed by atoms with van der Waals surface area (Å²) in [6.45, 7) is 6.75. The molecule has 1 aliphatic heterocycles. The number of nitrogens with zero attached hydrogens (tertiary/aromatic N) is 3. The highest BCUT2D eigenvalue weighted by molar-refractivity contribution is 5.98. The molecule has 31 heavy (non-hydrogen) atoms. The Labute approximate surface area is 181 Å². The summed E-state index contributed by atoms with van der Waals surface area (Å²) in [6.07, 6.45) is -0.460. The molecule has 0 bridgehead atoms. The van der Waals surface area contributed by atoms with E-state index < -0.39 is 23.5 Å². The molecule has 1 unspecified atom stereocenters. The van der Waals surface area contributed by atoms with E-state index in [4.69, 9.17) is 4.74 Å². The molecule has 1 aliphatic rings. The summed E-state index contributed by atoms with van der Waals surface area (Å²) >= 11 is 0. The number of carbonyl (C=O) groups excluding carboxylic acids is 3. The van der Waals surface area contributed by atoms with E-state index in [1.165, 1.54) is 19.1 Å². The molecule has 2 N–H and O–H groups in total. The summed E-state index contributed by atoms with van der Waals surface area (Å²) in [4.78, 5) is 43.9. The van der Waals surface area contributed by atoms with Crippen molar-refractivity contribution in [2.45, 2.75) is 39.9 Å². The number of fused-ring (bicyclic) bond motifs is 1. The summed E-state index contributed by atoms with van der Waals surface area (Å²) in [5.74, 6) is -0.0907. The highest BCUT2D eigenvalue weighted by atomic mass is 16.5. The van der Waals surface area contributed by atoms with E-state index in [0.29, 0.717) is 24.6 Å². The standard InChI is InChI=1S/C22H29N5O4/c1-22(2,3)17(20(29)23-4)25-19(28)16-15-13-26(21(30)31-5)11-12-27(15)18(24-16)14-9-7-6-8-10-14/h6-10,17H,11-13H2,1-5H3,(H,23,29)(H,25,28). The van der Waals surface area contributed by atoms with Gasteiger partial charge in [0.1, 0.15) is 11.9 Å². The van der Waals surface area contributed by atoms with Crippen molar-refractivity contribution in [3.63, 3.8) is 0 Å². The van der Waals surface area contributed by atoms with E-state index in [2.05, 4.69) is 15.6 Å². The monoisotopic (exact) mass is 427 g/mol. The highest BCUT2D eigenvalue weighted by Gasteiger charge is 2.35. The zero-order chi connectivity index (χ0) is 22.8. The third kappa shape index (κ3) is 4.55. The van der Waals surface area contributed by atoms with Crippen LogP contribution in [0.25, 0.3) is 11.4 Å². The predicted octanol–water partition coefficient (Wildman–Crippen LogP) is 2.02. The van der Waals surface area contributed by atoms with E-state index in [9.17, 15) is 14.4 Å². The quantitative estimate of drug-likeness (QED) is 0.777. The summed E-state index contributed by atoms with van der Waals surface area (Å²) < 4.78 is 6.81. The lowest BCUT2D eigenvalue weighted by Gasteiger charge is -2.30. The van der Waals surface area contributed by atoms with Gasteiger partial charge in [-0.3, -0.25) is 9.59 Å². The van der Waals surface area contributed by atoms with Crippen LogP contribution in [0.15, 0.2) is 30.3 Å². The topological polar surface area (TPSA) is 106 Å². The summed E-state index contributed by atoms with van der Waals surface area (Å²) in [6, 6.07) is 8.82. The van der Waals surface area contributed by atoms with Crippen LogP contribution in [0.2, 0.25) is 0 Å². The minimum absolute atomic E-state index is 0.190. The number of imidazole rings is 1. The molecule has 0 radical (unpaired) electrons. The van der Waals surface area contributed by atoms with Gasteiger partial charge < -0.3 is 24.8 Å². The fraction of sp³-hybridized carbons (Fsp3) is 0.455. The van der Waals surface area contributed by atoms with Crippen LogP contribution in [-0.4, -0.2) is 59.1 Å². The van der Waals surface area contributed by atoms with Crippen molar-refractivity contribution in [3.05, 3.63) is 41.7 Å². The number of aromatic nitrogens is 2. The lowest BCUT2D eigenvalue weighted by Crippen LogP contribution is -2.53. The van der Waals surface area contributed by atoms with Crippen molar-refractivity contribution < 1.29 is 19.1 Å². The molecule has 1 atom stereocenters. The van der Waals surface area contributed by atoms with E-state index >= 15 is 0 Å². The van der Waals surface area contributed by atoms with E-state index in [1.807, 2.05) is 55.7 Å². The second-order valence-corrected chi connectivity index (χ2v) is 8.53. The Bertz CT molecular complexity index is 978. The van der Waals surface area contributed by atoms with Crippen LogP contribution in [0.1, 0.15) is 37.0 Å². The van der Waals surface area contributed by atoms with Crippen LogP contribution in [0, 0.1) is 5.41 Å². The van der Waals surface area contributed by atoms with Gasteiger partial charge in [0, 0.05) is 25.7 Å². The van der Waals surface area contributed by atoms with Gasteiger partial charge in [-0.05, 0) is 5.41 Å². The van der Waals surface area contributed by atoms with E-state index in [0.717, 1.165) is 5.56 Å². The lowest BCUT2D eigenvalue weighted by atomic mass is 9.86. The number of carbonyl (C=O) groups is 3. The van der Waals surface area contributed by atoms with Crippen LogP contribution in [0.4, 0.5) is 4.79 Å². The Balaban J connectivity index is 2.03. The average Bonchev–Trinajstić information content (AvgIpc) is 3.15. The Hall–Kier alpha value is -3.36. The summed E-state index contributed by atoms with van der Waals surface area (Å²) in [7, 11) is 2.86. The van der Waals surface area contributed by atoms with Crippen LogP contribution in [0.5, 0.6) is 0 Å². The first kappa shape index (κ1) is 22.3. The van der Waals surface area contributed by atoms with Gasteiger partial charge in [-0.2, -0.15) is 0 Å². The smallest absolute Gasteiger partial charge is 0.409 e. The van der Waals surface area contributed by atoms with E-state index in [-0.39, 0.29) is 18.1 Å². The fourth-order valence-corrected chi connectivity index (χ4v) is 3.66. The number of hydrogen-bond donors (Lipinski definition) is 2. The van der Waals surface area contributed by atoms with Gasteiger partial charge in [0.05, 0.1) is 19.3 Å². The summed E-state index contributed by atoms with van der Waals surface area (Å²) in [5.41, 5.74) is 1.17. The van der Waals surface area contributed by atoms with Crippen molar-refractivity contribution in [2.75, 3.05) is 20.7 Å². The molecule has 3 amide bonds. The third-order valence-corrected chi connectivity index (χ3v) is 5.34. The maximum atomic E-state index is 13.3.